The van der Waals surface area contributed by atoms with Crippen molar-refractivity contribution in [1.29, 1.82) is 0 Å². The molecule has 0 saturated heterocycles. The molecule has 0 saturated carbocycles. The molecule has 0 spiro atoms. The number of hydrogen-bond donors (Lipinski definition) is 0. The van der Waals surface area contributed by atoms with Crippen LogP contribution in [0.25, 0.3) is 0 Å². The van der Waals surface area contributed by atoms with Gasteiger partial charge in [0.1, 0.15) is 0 Å². The van der Waals surface area contributed by atoms with Crippen LogP contribution in [0.15, 0.2) is 0 Å². The molecule has 0 aliphatic carbocycles. The van der Waals surface area contributed by atoms with Crippen LogP contribution in [0, 0.1) is 0 Å². The quantitative estimate of drug-likeness (QED) is 0.652. The first-order valence-corrected chi connectivity index (χ1v) is 5.40. The summed E-state index contributed by atoms with van der Waals surface area (Å²) in [6.45, 7) is 9.67. The van der Waals surface area contributed by atoms with Crippen LogP contribution in [0.4, 0.5) is 0 Å². The van der Waals surface area contributed by atoms with Gasteiger partial charge < -0.3 is 4.90 Å². The molecular formula is C9H23NS. The van der Waals surface area contributed by atoms with Crippen molar-refractivity contribution in [1.82, 2.24) is 4.90 Å². The Hall–Kier alpha value is 0.310. The Labute approximate surface area is 76.5 Å². The molecule has 1 nitrogen and oxygen atoms in total. The summed E-state index contributed by atoms with van der Waals surface area (Å²) in [7, 11) is 4.22. The Morgan fingerprint density at radius 2 is 1.55 bits per heavy atom. The van der Waals surface area contributed by atoms with Crippen molar-refractivity contribution in [3.63, 3.8) is 0 Å². The van der Waals surface area contributed by atoms with Crippen molar-refractivity contribution in [2.45, 2.75) is 32.4 Å². The zero-order chi connectivity index (χ0) is 9.49. The summed E-state index contributed by atoms with van der Waals surface area (Å²) in [5, 5.41) is 0. The zero-order valence-electron chi connectivity index (χ0n) is 9.06. The molecule has 2 heteroatoms. The minimum absolute atomic E-state index is 0.406. The van der Waals surface area contributed by atoms with Gasteiger partial charge in [0.05, 0.1) is 0 Å². The van der Waals surface area contributed by atoms with Crippen LogP contribution < -0.4 is 0 Å². The minimum Gasteiger partial charge on any atom is -0.308 e. The fourth-order valence-electron chi connectivity index (χ4n) is 0.826. The van der Waals surface area contributed by atoms with Gasteiger partial charge in [-0.25, -0.2) is 0 Å². The maximum atomic E-state index is 2.26. The first-order valence-electron chi connectivity index (χ1n) is 4.18. The SMILES string of the molecule is CC.CSC(C)(C)CN(C)C. The van der Waals surface area contributed by atoms with E-state index in [2.05, 4.69) is 39.1 Å². The topological polar surface area (TPSA) is 3.24 Å². The van der Waals surface area contributed by atoms with Gasteiger partial charge in [0.15, 0.2) is 0 Å². The second kappa shape index (κ2) is 6.99. The van der Waals surface area contributed by atoms with Crippen LogP contribution in [-0.4, -0.2) is 36.5 Å². The van der Waals surface area contributed by atoms with Gasteiger partial charge in [-0.05, 0) is 34.2 Å². The Morgan fingerprint density at radius 3 is 1.64 bits per heavy atom. The van der Waals surface area contributed by atoms with Gasteiger partial charge in [-0.1, -0.05) is 13.8 Å². The third kappa shape index (κ3) is 10.3. The van der Waals surface area contributed by atoms with Gasteiger partial charge in [0.2, 0.25) is 0 Å². The maximum Gasteiger partial charge on any atom is 0.0227 e. The first-order chi connectivity index (χ1) is 4.98. The molecule has 0 amide bonds. The van der Waals surface area contributed by atoms with E-state index < -0.39 is 0 Å². The molecule has 0 bridgehead atoms. The Balaban J connectivity index is 0. The van der Waals surface area contributed by atoms with E-state index in [1.165, 1.54) is 0 Å². The summed E-state index contributed by atoms with van der Waals surface area (Å²) >= 11 is 1.91. The third-order valence-electron chi connectivity index (χ3n) is 1.25. The summed E-state index contributed by atoms with van der Waals surface area (Å²) in [5.74, 6) is 0. The van der Waals surface area contributed by atoms with Crippen molar-refractivity contribution >= 4 is 11.8 Å². The molecule has 0 atom stereocenters. The molecule has 0 aromatic rings. The van der Waals surface area contributed by atoms with Gasteiger partial charge in [-0.3, -0.25) is 0 Å². The standard InChI is InChI=1S/C7H17NS.C2H6/c1-7(2,9-5)6-8(3)4;1-2/h6H2,1-5H3;1-2H3. The maximum absolute atomic E-state index is 2.26. The number of hydrogen-bond acceptors (Lipinski definition) is 2. The molecule has 0 fully saturated rings. The van der Waals surface area contributed by atoms with E-state index in [1.807, 2.05) is 25.6 Å². The molecular weight excluding hydrogens is 154 g/mol. The number of nitrogens with zero attached hydrogens (tertiary/aromatic N) is 1. The van der Waals surface area contributed by atoms with Crippen molar-refractivity contribution in [3.8, 4) is 0 Å². The van der Waals surface area contributed by atoms with E-state index in [1.54, 1.807) is 0 Å². The average molecular weight is 177 g/mol. The van der Waals surface area contributed by atoms with Crippen molar-refractivity contribution in [2.24, 2.45) is 0 Å². The summed E-state index contributed by atoms with van der Waals surface area (Å²) in [5.41, 5.74) is 0. The van der Waals surface area contributed by atoms with E-state index in [0.717, 1.165) is 6.54 Å². The predicted molar refractivity (Wildman–Crippen MR) is 57.5 cm³/mol. The lowest BCUT2D eigenvalue weighted by Crippen LogP contribution is -2.30. The third-order valence-corrected chi connectivity index (χ3v) is 2.48. The highest BCUT2D eigenvalue weighted by Crippen LogP contribution is 2.20. The molecule has 0 aliphatic rings. The number of rotatable bonds is 3. The van der Waals surface area contributed by atoms with E-state index in [4.69, 9.17) is 0 Å². The second-order valence-electron chi connectivity index (χ2n) is 3.20. The summed E-state index contributed by atoms with van der Waals surface area (Å²) in [4.78, 5) is 2.22. The normalized spacial score (nSPS) is 10.9. The summed E-state index contributed by atoms with van der Waals surface area (Å²) in [6, 6.07) is 0. The first kappa shape index (κ1) is 13.9. The fourth-order valence-corrected chi connectivity index (χ4v) is 1.21. The highest BCUT2D eigenvalue weighted by Gasteiger charge is 2.15. The molecule has 11 heavy (non-hydrogen) atoms. The Morgan fingerprint density at radius 1 is 1.18 bits per heavy atom. The second-order valence-corrected chi connectivity index (χ2v) is 4.72. The monoisotopic (exact) mass is 177 g/mol. The van der Waals surface area contributed by atoms with Crippen LogP contribution in [0.5, 0.6) is 0 Å². The van der Waals surface area contributed by atoms with E-state index in [-0.39, 0.29) is 0 Å². The molecule has 0 heterocycles. The molecule has 0 aromatic heterocycles. The fraction of sp³-hybridized carbons (Fsp3) is 1.00. The summed E-state index contributed by atoms with van der Waals surface area (Å²) in [6.07, 6.45) is 2.16. The highest BCUT2D eigenvalue weighted by molar-refractivity contribution is 7.99. The highest BCUT2D eigenvalue weighted by atomic mass is 32.2. The lowest BCUT2D eigenvalue weighted by molar-refractivity contribution is 0.373. The van der Waals surface area contributed by atoms with Crippen molar-refractivity contribution in [3.05, 3.63) is 0 Å². The van der Waals surface area contributed by atoms with E-state index in [9.17, 15) is 0 Å². The zero-order valence-corrected chi connectivity index (χ0v) is 9.88. The van der Waals surface area contributed by atoms with Crippen LogP contribution >= 0.6 is 11.8 Å². The lowest BCUT2D eigenvalue weighted by Gasteiger charge is -2.25. The Bertz CT molecular complexity index is 79.6. The van der Waals surface area contributed by atoms with Gasteiger partial charge in [0.25, 0.3) is 0 Å². The Kier molecular flexibility index (Phi) is 8.81. The smallest absolute Gasteiger partial charge is 0.0227 e. The van der Waals surface area contributed by atoms with Crippen molar-refractivity contribution in [2.75, 3.05) is 26.9 Å². The van der Waals surface area contributed by atoms with Crippen LogP contribution in [0.1, 0.15) is 27.7 Å². The van der Waals surface area contributed by atoms with Gasteiger partial charge in [-0.15, -0.1) is 0 Å². The molecule has 0 unspecified atom stereocenters. The van der Waals surface area contributed by atoms with Crippen molar-refractivity contribution < 1.29 is 0 Å². The van der Waals surface area contributed by atoms with Gasteiger partial charge >= 0.3 is 0 Å². The van der Waals surface area contributed by atoms with E-state index in [0.29, 0.717) is 4.75 Å². The molecule has 70 valence electrons. The predicted octanol–water partition coefficient (Wildman–Crippen LogP) is 2.72. The lowest BCUT2D eigenvalue weighted by atomic mass is 10.2. The molecule has 0 rings (SSSR count). The van der Waals surface area contributed by atoms with Gasteiger partial charge in [-0.2, -0.15) is 11.8 Å². The largest absolute Gasteiger partial charge is 0.308 e. The minimum atomic E-state index is 0.406. The summed E-state index contributed by atoms with van der Waals surface area (Å²) < 4.78 is 0.406. The average Bonchev–Trinajstić information content (AvgIpc) is 1.90. The van der Waals surface area contributed by atoms with E-state index >= 15 is 0 Å². The van der Waals surface area contributed by atoms with Crippen LogP contribution in [-0.2, 0) is 0 Å². The molecule has 0 aliphatic heterocycles. The molecule has 0 radical (unpaired) electrons. The van der Waals surface area contributed by atoms with Gasteiger partial charge in [0, 0.05) is 11.3 Å². The van der Waals surface area contributed by atoms with Crippen LogP contribution in [0.2, 0.25) is 0 Å². The molecule has 0 aromatic carbocycles. The van der Waals surface area contributed by atoms with Crippen LogP contribution in [0.3, 0.4) is 0 Å². The molecule has 0 N–H and O–H groups in total. The number of thioether (sulfide) groups is 1.